The molecule has 1 aromatic carbocycles. The second-order valence-electron chi connectivity index (χ2n) is 8.18. The Morgan fingerprint density at radius 1 is 1.03 bits per heavy atom. The summed E-state index contributed by atoms with van der Waals surface area (Å²) in [4.78, 5) is 19.5. The lowest BCUT2D eigenvalue weighted by Crippen LogP contribution is -2.33. The Morgan fingerprint density at radius 3 is 2.58 bits per heavy atom. The van der Waals surface area contributed by atoms with Gasteiger partial charge in [-0.05, 0) is 68.6 Å². The van der Waals surface area contributed by atoms with Gasteiger partial charge in [-0.3, -0.25) is 9.78 Å². The molecule has 1 aliphatic rings. The topological polar surface area (TPSA) is 71.3 Å². The van der Waals surface area contributed by atoms with Crippen molar-refractivity contribution in [3.8, 4) is 11.1 Å². The summed E-state index contributed by atoms with van der Waals surface area (Å²) in [6.07, 6.45) is 9.08. The van der Waals surface area contributed by atoms with E-state index in [9.17, 15) is 4.79 Å². The van der Waals surface area contributed by atoms with Gasteiger partial charge in [-0.25, -0.2) is 0 Å². The van der Waals surface area contributed by atoms with Crippen molar-refractivity contribution in [3.63, 3.8) is 0 Å². The van der Waals surface area contributed by atoms with Gasteiger partial charge < -0.3 is 14.7 Å². The smallest absolute Gasteiger partial charge is 0.258 e. The van der Waals surface area contributed by atoms with Crippen molar-refractivity contribution in [2.24, 2.45) is 0 Å². The minimum absolute atomic E-state index is 0.0193. The molecule has 1 N–H and O–H groups in total. The normalized spacial score (nSPS) is 15.6. The predicted molar refractivity (Wildman–Crippen MR) is 122 cm³/mol. The molecule has 6 heteroatoms. The molecule has 4 rings (SSSR count). The molecule has 162 valence electrons. The van der Waals surface area contributed by atoms with Crippen LogP contribution in [0.3, 0.4) is 0 Å². The standard InChI is InChI=1S/C25H30N4O2/c1-18-24(19(2)31-28-18)21-8-9-23-22(16-21)17-27-12-6-4-3-5-7-15-29(23)25(30)20-10-13-26-14-11-20/h8-11,13-14,16,27H,3-7,12,15,17H2,1-2H3. The van der Waals surface area contributed by atoms with Gasteiger partial charge in [0.1, 0.15) is 5.76 Å². The van der Waals surface area contributed by atoms with Crippen LogP contribution in [0, 0.1) is 13.8 Å². The van der Waals surface area contributed by atoms with Gasteiger partial charge in [0.25, 0.3) is 5.91 Å². The zero-order valence-corrected chi connectivity index (χ0v) is 18.4. The molecule has 0 radical (unpaired) electrons. The van der Waals surface area contributed by atoms with Gasteiger partial charge in [-0.2, -0.15) is 0 Å². The fourth-order valence-corrected chi connectivity index (χ4v) is 4.30. The molecule has 31 heavy (non-hydrogen) atoms. The van der Waals surface area contributed by atoms with Crippen LogP contribution in [-0.4, -0.2) is 29.1 Å². The molecule has 6 nitrogen and oxygen atoms in total. The highest BCUT2D eigenvalue weighted by atomic mass is 16.5. The Kier molecular flexibility index (Phi) is 6.77. The number of aryl methyl sites for hydroxylation is 2. The van der Waals surface area contributed by atoms with Gasteiger partial charge in [0.15, 0.2) is 0 Å². The quantitative estimate of drug-likeness (QED) is 0.630. The molecule has 3 heterocycles. The SMILES string of the molecule is Cc1noc(C)c1-c1ccc2c(c1)CNCCCCCCCN2C(=O)c1ccncc1. The minimum atomic E-state index is 0.0193. The van der Waals surface area contributed by atoms with E-state index in [0.29, 0.717) is 18.7 Å². The first-order chi connectivity index (χ1) is 15.1. The van der Waals surface area contributed by atoms with Crippen LogP contribution in [0.4, 0.5) is 5.69 Å². The van der Waals surface area contributed by atoms with Crippen LogP contribution < -0.4 is 10.2 Å². The van der Waals surface area contributed by atoms with Crippen LogP contribution in [-0.2, 0) is 6.54 Å². The van der Waals surface area contributed by atoms with Crippen molar-refractivity contribution in [2.45, 2.75) is 52.5 Å². The Balaban J connectivity index is 1.76. The largest absolute Gasteiger partial charge is 0.361 e. The number of amides is 1. The van der Waals surface area contributed by atoms with Crippen molar-refractivity contribution in [2.75, 3.05) is 18.0 Å². The zero-order chi connectivity index (χ0) is 21.6. The van der Waals surface area contributed by atoms with Crippen LogP contribution >= 0.6 is 0 Å². The average Bonchev–Trinajstić information content (AvgIpc) is 3.12. The van der Waals surface area contributed by atoms with Crippen molar-refractivity contribution >= 4 is 11.6 Å². The minimum Gasteiger partial charge on any atom is -0.361 e. The molecule has 0 saturated carbocycles. The lowest BCUT2D eigenvalue weighted by Gasteiger charge is -2.27. The van der Waals surface area contributed by atoms with Gasteiger partial charge >= 0.3 is 0 Å². The Morgan fingerprint density at radius 2 is 1.81 bits per heavy atom. The van der Waals surface area contributed by atoms with Gasteiger partial charge in [0, 0.05) is 42.3 Å². The molecular weight excluding hydrogens is 388 g/mol. The van der Waals surface area contributed by atoms with E-state index in [1.165, 1.54) is 19.3 Å². The highest BCUT2D eigenvalue weighted by Crippen LogP contribution is 2.32. The third kappa shape index (κ3) is 4.85. The van der Waals surface area contributed by atoms with E-state index < -0.39 is 0 Å². The monoisotopic (exact) mass is 418 g/mol. The van der Waals surface area contributed by atoms with E-state index in [1.807, 2.05) is 18.7 Å². The summed E-state index contributed by atoms with van der Waals surface area (Å²) in [7, 11) is 0. The summed E-state index contributed by atoms with van der Waals surface area (Å²) in [5.41, 5.74) is 5.71. The second kappa shape index (κ2) is 9.88. The van der Waals surface area contributed by atoms with Crippen LogP contribution in [0.25, 0.3) is 11.1 Å². The maximum atomic E-state index is 13.5. The second-order valence-corrected chi connectivity index (χ2v) is 8.18. The summed E-state index contributed by atoms with van der Waals surface area (Å²) < 4.78 is 5.39. The third-order valence-electron chi connectivity index (χ3n) is 5.92. The summed E-state index contributed by atoms with van der Waals surface area (Å²) in [5.74, 6) is 0.828. The Labute approximate surface area is 183 Å². The van der Waals surface area contributed by atoms with E-state index in [0.717, 1.165) is 53.2 Å². The fraction of sp³-hybridized carbons (Fsp3) is 0.400. The number of benzene rings is 1. The number of aromatic nitrogens is 2. The highest BCUT2D eigenvalue weighted by Gasteiger charge is 2.22. The number of carbonyl (C=O) groups is 1. The maximum absolute atomic E-state index is 13.5. The van der Waals surface area contributed by atoms with Crippen molar-refractivity contribution < 1.29 is 9.32 Å². The summed E-state index contributed by atoms with van der Waals surface area (Å²) in [5, 5.41) is 7.68. The molecule has 0 bridgehead atoms. The van der Waals surface area contributed by atoms with E-state index in [-0.39, 0.29) is 5.91 Å². The maximum Gasteiger partial charge on any atom is 0.258 e. The molecule has 0 fully saturated rings. The molecule has 1 aliphatic heterocycles. The third-order valence-corrected chi connectivity index (χ3v) is 5.92. The summed E-state index contributed by atoms with van der Waals surface area (Å²) in [6, 6.07) is 9.89. The number of pyridine rings is 1. The fourth-order valence-electron chi connectivity index (χ4n) is 4.30. The van der Waals surface area contributed by atoms with E-state index in [4.69, 9.17) is 4.52 Å². The van der Waals surface area contributed by atoms with E-state index in [1.54, 1.807) is 24.5 Å². The molecule has 3 aromatic rings. The average molecular weight is 419 g/mol. The Bertz CT molecular complexity index is 1010. The molecular formula is C25H30N4O2. The molecule has 2 aromatic heterocycles. The van der Waals surface area contributed by atoms with Crippen molar-refractivity contribution in [3.05, 3.63) is 65.3 Å². The number of anilines is 1. The zero-order valence-electron chi connectivity index (χ0n) is 18.4. The first kappa shape index (κ1) is 21.2. The number of nitrogens with zero attached hydrogens (tertiary/aromatic N) is 3. The van der Waals surface area contributed by atoms with Crippen LogP contribution in [0.1, 0.15) is 59.5 Å². The molecule has 0 aliphatic carbocycles. The number of hydrogen-bond donors (Lipinski definition) is 1. The van der Waals surface area contributed by atoms with E-state index >= 15 is 0 Å². The molecule has 1 amide bonds. The predicted octanol–water partition coefficient (Wildman–Crippen LogP) is 5.05. The van der Waals surface area contributed by atoms with Crippen LogP contribution in [0.2, 0.25) is 0 Å². The summed E-state index contributed by atoms with van der Waals surface area (Å²) >= 11 is 0. The van der Waals surface area contributed by atoms with Gasteiger partial charge in [-0.1, -0.05) is 30.5 Å². The first-order valence-corrected chi connectivity index (χ1v) is 11.1. The number of nitrogens with one attached hydrogen (secondary N) is 1. The van der Waals surface area contributed by atoms with Crippen LogP contribution in [0.15, 0.2) is 47.2 Å². The number of carbonyl (C=O) groups excluding carboxylic acids is 1. The highest BCUT2D eigenvalue weighted by molar-refractivity contribution is 6.06. The number of hydrogen-bond acceptors (Lipinski definition) is 5. The van der Waals surface area contributed by atoms with Crippen LogP contribution in [0.5, 0.6) is 0 Å². The first-order valence-electron chi connectivity index (χ1n) is 11.1. The van der Waals surface area contributed by atoms with Gasteiger partial charge in [0.05, 0.1) is 5.69 Å². The Hall–Kier alpha value is -2.99. The number of fused-ring (bicyclic) bond motifs is 1. The number of rotatable bonds is 2. The van der Waals surface area contributed by atoms with Gasteiger partial charge in [-0.15, -0.1) is 0 Å². The molecule has 0 saturated heterocycles. The molecule has 0 spiro atoms. The molecule has 0 atom stereocenters. The summed E-state index contributed by atoms with van der Waals surface area (Å²) in [6.45, 7) is 6.30. The van der Waals surface area contributed by atoms with Crippen molar-refractivity contribution in [1.29, 1.82) is 0 Å². The van der Waals surface area contributed by atoms with Crippen molar-refractivity contribution in [1.82, 2.24) is 15.5 Å². The lowest BCUT2D eigenvalue weighted by molar-refractivity contribution is 0.0986. The van der Waals surface area contributed by atoms with Gasteiger partial charge in [0.2, 0.25) is 0 Å². The lowest BCUT2D eigenvalue weighted by atomic mass is 9.99. The molecule has 0 unspecified atom stereocenters. The van der Waals surface area contributed by atoms with E-state index in [2.05, 4.69) is 33.7 Å².